The van der Waals surface area contributed by atoms with E-state index in [2.05, 4.69) is 11.0 Å². The third-order valence-electron chi connectivity index (χ3n) is 6.62. The van der Waals surface area contributed by atoms with Crippen molar-refractivity contribution in [3.63, 3.8) is 0 Å². The number of hydrogen-bond acceptors (Lipinski definition) is 5. The molecule has 184 valence electrons. The van der Waals surface area contributed by atoms with Crippen molar-refractivity contribution in [3.8, 4) is 11.5 Å². The number of alkyl halides is 3. The van der Waals surface area contributed by atoms with Crippen LogP contribution in [0.1, 0.15) is 25.7 Å². The van der Waals surface area contributed by atoms with Gasteiger partial charge in [-0.2, -0.15) is 13.2 Å². The van der Waals surface area contributed by atoms with E-state index in [-0.39, 0.29) is 25.5 Å². The molecule has 2 fully saturated rings. The van der Waals surface area contributed by atoms with Gasteiger partial charge in [0.1, 0.15) is 17.6 Å². The topological polar surface area (TPSA) is 62.2 Å². The quantitative estimate of drug-likeness (QED) is 0.606. The fourth-order valence-corrected chi connectivity index (χ4v) is 4.81. The first kappa shape index (κ1) is 24.0. The number of aliphatic carboxylic acids is 1. The van der Waals surface area contributed by atoms with E-state index in [9.17, 15) is 18.0 Å². The molecule has 0 aliphatic carbocycles. The first-order chi connectivity index (χ1) is 16.2. The molecule has 0 saturated carbocycles. The molecular weight excluding hydrogens is 449 g/mol. The maximum absolute atomic E-state index is 13.3. The van der Waals surface area contributed by atoms with Gasteiger partial charge in [0.05, 0.1) is 19.4 Å². The fourth-order valence-electron chi connectivity index (χ4n) is 4.81. The van der Waals surface area contributed by atoms with Gasteiger partial charge in [-0.05, 0) is 42.8 Å². The van der Waals surface area contributed by atoms with Gasteiger partial charge in [-0.1, -0.05) is 6.07 Å². The van der Waals surface area contributed by atoms with Crippen LogP contribution in [0.2, 0.25) is 0 Å². The number of carboxylic acid groups (broad SMARTS) is 1. The zero-order valence-corrected chi connectivity index (χ0v) is 19.0. The number of halogens is 3. The maximum atomic E-state index is 13.3. The molecule has 0 unspecified atom stereocenters. The van der Waals surface area contributed by atoms with Crippen molar-refractivity contribution >= 4 is 17.3 Å². The number of carbonyl (C=O) groups is 1. The van der Waals surface area contributed by atoms with Gasteiger partial charge in [0.15, 0.2) is 0 Å². The number of nitrogens with zero attached hydrogens (tertiary/aromatic N) is 2. The Morgan fingerprint density at radius 3 is 2.38 bits per heavy atom. The van der Waals surface area contributed by atoms with Crippen LogP contribution in [0.3, 0.4) is 0 Å². The number of rotatable bonds is 7. The van der Waals surface area contributed by atoms with E-state index in [4.69, 9.17) is 14.6 Å². The molecule has 2 aromatic carbocycles. The molecule has 4 rings (SSSR count). The van der Waals surface area contributed by atoms with Crippen LogP contribution in [0.25, 0.3) is 0 Å². The molecule has 2 aliphatic rings. The number of hydrogen-bond donors (Lipinski definition) is 1. The molecule has 2 saturated heterocycles. The Morgan fingerprint density at radius 1 is 1.06 bits per heavy atom. The summed E-state index contributed by atoms with van der Waals surface area (Å²) in [5.74, 6) is -1.15. The lowest BCUT2D eigenvalue weighted by Crippen LogP contribution is -2.38. The van der Waals surface area contributed by atoms with E-state index >= 15 is 0 Å². The number of piperidine rings is 1. The highest BCUT2D eigenvalue weighted by atomic mass is 19.4. The standard InChI is InChI=1S/C25H29F3N2O4/c1-33-23-4-2-3-19(14-23)29-11-9-22(10-12-29)34-21-7-5-18(6-8-21)30-16-17(25(26,27)28)13-20(30)15-24(31)32/h2-8,14,17,20,22H,9-13,15-16H2,1H3,(H,31,32)/t17-,20-/m1/s1. The average Bonchev–Trinajstić information content (AvgIpc) is 3.24. The summed E-state index contributed by atoms with van der Waals surface area (Å²) >= 11 is 0. The summed E-state index contributed by atoms with van der Waals surface area (Å²) in [5, 5.41) is 9.13. The lowest BCUT2D eigenvalue weighted by atomic mass is 10.0. The van der Waals surface area contributed by atoms with Gasteiger partial charge in [0.2, 0.25) is 0 Å². The normalized spacial score (nSPS) is 21.5. The summed E-state index contributed by atoms with van der Waals surface area (Å²) in [6.07, 6.45) is -3.13. The van der Waals surface area contributed by atoms with Crippen LogP contribution in [-0.2, 0) is 4.79 Å². The summed E-state index contributed by atoms with van der Waals surface area (Å²) in [7, 11) is 1.65. The highest BCUT2D eigenvalue weighted by molar-refractivity contribution is 5.69. The highest BCUT2D eigenvalue weighted by Gasteiger charge is 2.47. The highest BCUT2D eigenvalue weighted by Crippen LogP contribution is 2.40. The van der Waals surface area contributed by atoms with Crippen LogP contribution in [0.15, 0.2) is 48.5 Å². The van der Waals surface area contributed by atoms with Crippen LogP contribution in [0.5, 0.6) is 11.5 Å². The maximum Gasteiger partial charge on any atom is 0.393 e. The van der Waals surface area contributed by atoms with Crippen LogP contribution in [0.4, 0.5) is 24.5 Å². The minimum atomic E-state index is -4.34. The molecule has 0 aromatic heterocycles. The molecule has 1 N–H and O–H groups in total. The molecule has 2 aromatic rings. The number of methoxy groups -OCH3 is 1. The van der Waals surface area contributed by atoms with Crippen molar-refractivity contribution in [3.05, 3.63) is 48.5 Å². The molecule has 9 heteroatoms. The fraction of sp³-hybridized carbons (Fsp3) is 0.480. The minimum Gasteiger partial charge on any atom is -0.497 e. The van der Waals surface area contributed by atoms with E-state index in [0.717, 1.165) is 37.4 Å². The predicted octanol–water partition coefficient (Wildman–Crippen LogP) is 4.97. The Hall–Kier alpha value is -3.10. The summed E-state index contributed by atoms with van der Waals surface area (Å²) < 4.78 is 51.2. The number of ether oxygens (including phenoxy) is 2. The summed E-state index contributed by atoms with van der Waals surface area (Å²) in [5.41, 5.74) is 1.69. The Labute approximate surface area is 196 Å². The molecule has 34 heavy (non-hydrogen) atoms. The van der Waals surface area contributed by atoms with Crippen LogP contribution >= 0.6 is 0 Å². The van der Waals surface area contributed by atoms with E-state index in [1.54, 1.807) is 36.3 Å². The van der Waals surface area contributed by atoms with Gasteiger partial charge in [0.25, 0.3) is 0 Å². The second-order valence-corrected chi connectivity index (χ2v) is 8.88. The zero-order chi connectivity index (χ0) is 24.3. The van der Waals surface area contributed by atoms with E-state index in [1.807, 2.05) is 18.2 Å². The molecule has 0 bridgehead atoms. The summed E-state index contributed by atoms with van der Waals surface area (Å²) in [6.45, 7) is 1.46. The molecule has 2 heterocycles. The summed E-state index contributed by atoms with van der Waals surface area (Å²) in [6, 6.07) is 14.2. The van der Waals surface area contributed by atoms with Crippen molar-refractivity contribution in [2.45, 2.75) is 44.0 Å². The molecule has 0 spiro atoms. The minimum absolute atomic E-state index is 0.0499. The van der Waals surface area contributed by atoms with Gasteiger partial charge >= 0.3 is 12.1 Å². The monoisotopic (exact) mass is 478 g/mol. The number of benzene rings is 2. The molecule has 2 atom stereocenters. The Balaban J connectivity index is 1.35. The van der Waals surface area contributed by atoms with Crippen molar-refractivity contribution in [1.29, 1.82) is 0 Å². The van der Waals surface area contributed by atoms with Crippen LogP contribution in [-0.4, -0.2) is 56.1 Å². The van der Waals surface area contributed by atoms with Gasteiger partial charge in [0, 0.05) is 56.0 Å². The van der Waals surface area contributed by atoms with E-state index in [1.165, 1.54) is 0 Å². The lowest BCUT2D eigenvalue weighted by molar-refractivity contribution is -0.169. The average molecular weight is 479 g/mol. The molecule has 0 radical (unpaired) electrons. The third-order valence-corrected chi connectivity index (χ3v) is 6.62. The smallest absolute Gasteiger partial charge is 0.393 e. The first-order valence-corrected chi connectivity index (χ1v) is 11.4. The van der Waals surface area contributed by atoms with Crippen molar-refractivity contribution in [1.82, 2.24) is 0 Å². The van der Waals surface area contributed by atoms with Gasteiger partial charge in [-0.15, -0.1) is 0 Å². The van der Waals surface area contributed by atoms with Crippen molar-refractivity contribution in [2.75, 3.05) is 36.5 Å². The van der Waals surface area contributed by atoms with Crippen molar-refractivity contribution in [2.24, 2.45) is 5.92 Å². The largest absolute Gasteiger partial charge is 0.497 e. The summed E-state index contributed by atoms with van der Waals surface area (Å²) in [4.78, 5) is 15.0. The number of carboxylic acids is 1. The molecule has 2 aliphatic heterocycles. The van der Waals surface area contributed by atoms with E-state index in [0.29, 0.717) is 11.4 Å². The molecule has 6 nitrogen and oxygen atoms in total. The van der Waals surface area contributed by atoms with Gasteiger partial charge in [-0.3, -0.25) is 4.79 Å². The Bertz CT molecular complexity index is 975. The van der Waals surface area contributed by atoms with E-state index < -0.39 is 24.1 Å². The van der Waals surface area contributed by atoms with Gasteiger partial charge < -0.3 is 24.4 Å². The van der Waals surface area contributed by atoms with Crippen molar-refractivity contribution < 1.29 is 32.5 Å². The van der Waals surface area contributed by atoms with Crippen LogP contribution in [0, 0.1) is 5.92 Å². The SMILES string of the molecule is COc1cccc(N2CCC(Oc3ccc(N4C[C@H](C(F)(F)F)C[C@@H]4CC(=O)O)cc3)CC2)c1. The van der Waals surface area contributed by atoms with Gasteiger partial charge in [-0.25, -0.2) is 0 Å². The molecular formula is C25H29F3N2O4. The first-order valence-electron chi connectivity index (χ1n) is 11.4. The predicted molar refractivity (Wildman–Crippen MR) is 123 cm³/mol. The second kappa shape index (κ2) is 10.0. The van der Waals surface area contributed by atoms with Crippen LogP contribution < -0.4 is 19.3 Å². The number of anilines is 2. The second-order valence-electron chi connectivity index (χ2n) is 8.88. The Morgan fingerprint density at radius 2 is 1.76 bits per heavy atom. The molecule has 0 amide bonds. The zero-order valence-electron chi connectivity index (χ0n) is 19.0. The third kappa shape index (κ3) is 5.69. The lowest BCUT2D eigenvalue weighted by Gasteiger charge is -2.34. The Kier molecular flexibility index (Phi) is 7.09.